The summed E-state index contributed by atoms with van der Waals surface area (Å²) in [5.41, 5.74) is 0. The Hall–Kier alpha value is -1.37. The molecule has 0 aromatic carbocycles. The lowest BCUT2D eigenvalue weighted by molar-refractivity contribution is 0.602. The fourth-order valence-corrected chi connectivity index (χ4v) is 3.56. The van der Waals surface area contributed by atoms with Crippen LogP contribution in [-0.2, 0) is 9.84 Å². The molecule has 94 valence electrons. The van der Waals surface area contributed by atoms with Crippen molar-refractivity contribution in [3.05, 3.63) is 11.9 Å². The zero-order chi connectivity index (χ0) is 12.5. The zero-order valence-electron chi connectivity index (χ0n) is 9.90. The normalized spacial score (nSPS) is 22.4. The Kier molecular flexibility index (Phi) is 3.19. The summed E-state index contributed by atoms with van der Waals surface area (Å²) in [5.74, 6) is 2.49. The van der Waals surface area contributed by atoms with Crippen LogP contribution < -0.4 is 10.6 Å². The highest BCUT2D eigenvalue weighted by molar-refractivity contribution is 7.91. The van der Waals surface area contributed by atoms with Crippen molar-refractivity contribution < 1.29 is 8.42 Å². The van der Waals surface area contributed by atoms with Gasteiger partial charge in [-0.15, -0.1) is 0 Å². The number of aryl methyl sites for hydroxylation is 1. The number of anilines is 2. The van der Waals surface area contributed by atoms with Crippen molar-refractivity contribution in [3.63, 3.8) is 0 Å². The highest BCUT2D eigenvalue weighted by atomic mass is 32.2. The van der Waals surface area contributed by atoms with Crippen molar-refractivity contribution in [1.29, 1.82) is 0 Å². The first kappa shape index (κ1) is 12.1. The molecule has 0 bridgehead atoms. The first-order valence-corrected chi connectivity index (χ1v) is 7.31. The van der Waals surface area contributed by atoms with Gasteiger partial charge >= 0.3 is 0 Å². The molecule has 6 nitrogen and oxygen atoms in total. The Bertz CT molecular complexity index is 515. The second kappa shape index (κ2) is 4.48. The molecule has 0 spiro atoms. The molecule has 1 saturated heterocycles. The van der Waals surface area contributed by atoms with Gasteiger partial charge in [0.2, 0.25) is 0 Å². The second-order valence-electron chi connectivity index (χ2n) is 4.18. The first-order chi connectivity index (χ1) is 7.98. The van der Waals surface area contributed by atoms with E-state index in [4.69, 9.17) is 0 Å². The predicted octanol–water partition coefficient (Wildman–Crippen LogP) is 0.426. The van der Waals surface area contributed by atoms with E-state index in [1.165, 1.54) is 0 Å². The summed E-state index contributed by atoms with van der Waals surface area (Å²) < 4.78 is 22.7. The smallest absolute Gasteiger partial charge is 0.152 e. The summed E-state index contributed by atoms with van der Waals surface area (Å²) in [6.07, 6.45) is 0.639. The molecular weight excluding hydrogens is 240 g/mol. The summed E-state index contributed by atoms with van der Waals surface area (Å²) >= 11 is 0. The van der Waals surface area contributed by atoms with Gasteiger partial charge in [-0.1, -0.05) is 0 Å². The Morgan fingerprint density at radius 2 is 2.06 bits per heavy atom. The van der Waals surface area contributed by atoms with Crippen molar-refractivity contribution in [2.75, 3.05) is 29.2 Å². The fourth-order valence-electron chi connectivity index (χ4n) is 1.89. The van der Waals surface area contributed by atoms with Crippen LogP contribution in [0.3, 0.4) is 0 Å². The Morgan fingerprint density at radius 1 is 1.35 bits per heavy atom. The maximum atomic E-state index is 11.3. The molecule has 0 amide bonds. The molecule has 7 heteroatoms. The van der Waals surface area contributed by atoms with Crippen LogP contribution in [0.2, 0.25) is 0 Å². The molecule has 0 saturated carbocycles. The summed E-state index contributed by atoms with van der Waals surface area (Å²) in [5, 5.41) is 6.08. The standard InChI is InChI=1S/C10H16N4O2S/c1-7-12-9(11-2)5-10(13-7)14-8-3-4-17(15,16)6-8/h5,8H,3-4,6H2,1-2H3,(H2,11,12,13,14)/t8-/m0/s1. The van der Waals surface area contributed by atoms with Gasteiger partial charge < -0.3 is 10.6 Å². The van der Waals surface area contributed by atoms with Crippen LogP contribution >= 0.6 is 0 Å². The van der Waals surface area contributed by atoms with Crippen LogP contribution in [0.1, 0.15) is 12.2 Å². The van der Waals surface area contributed by atoms with Gasteiger partial charge in [-0.3, -0.25) is 0 Å². The number of nitrogens with one attached hydrogen (secondary N) is 2. The third kappa shape index (κ3) is 3.06. The van der Waals surface area contributed by atoms with Crippen LogP contribution in [0.15, 0.2) is 6.07 Å². The molecule has 0 radical (unpaired) electrons. The van der Waals surface area contributed by atoms with Crippen LogP contribution in [-0.4, -0.2) is 43.0 Å². The van der Waals surface area contributed by atoms with E-state index in [2.05, 4.69) is 20.6 Å². The molecule has 1 atom stereocenters. The molecule has 1 aromatic heterocycles. The minimum Gasteiger partial charge on any atom is -0.373 e. The van der Waals surface area contributed by atoms with Crippen molar-refractivity contribution >= 4 is 21.5 Å². The monoisotopic (exact) mass is 256 g/mol. The van der Waals surface area contributed by atoms with E-state index in [1.54, 1.807) is 20.0 Å². The quantitative estimate of drug-likeness (QED) is 0.815. The van der Waals surface area contributed by atoms with Gasteiger partial charge in [-0.05, 0) is 13.3 Å². The van der Waals surface area contributed by atoms with Gasteiger partial charge in [0, 0.05) is 19.2 Å². The van der Waals surface area contributed by atoms with E-state index in [1.807, 2.05) is 0 Å². The molecular formula is C10H16N4O2S. The average Bonchev–Trinajstić information content (AvgIpc) is 2.57. The van der Waals surface area contributed by atoms with Gasteiger partial charge in [-0.2, -0.15) is 0 Å². The lowest BCUT2D eigenvalue weighted by Gasteiger charge is -2.12. The van der Waals surface area contributed by atoms with E-state index in [-0.39, 0.29) is 17.5 Å². The summed E-state index contributed by atoms with van der Waals surface area (Å²) in [6, 6.07) is 1.73. The Labute approximate surface area is 101 Å². The number of hydrogen-bond acceptors (Lipinski definition) is 6. The molecule has 0 unspecified atom stereocenters. The molecule has 17 heavy (non-hydrogen) atoms. The number of hydrogen-bond donors (Lipinski definition) is 2. The number of rotatable bonds is 3. The van der Waals surface area contributed by atoms with E-state index in [9.17, 15) is 8.42 Å². The van der Waals surface area contributed by atoms with E-state index in [0.29, 0.717) is 18.1 Å². The molecule has 1 aliphatic rings. The molecule has 1 fully saturated rings. The lowest BCUT2D eigenvalue weighted by atomic mass is 10.2. The number of aromatic nitrogens is 2. The molecule has 2 rings (SSSR count). The van der Waals surface area contributed by atoms with Gasteiger partial charge in [0.1, 0.15) is 17.5 Å². The first-order valence-electron chi connectivity index (χ1n) is 5.49. The zero-order valence-corrected chi connectivity index (χ0v) is 10.7. The summed E-state index contributed by atoms with van der Waals surface area (Å²) in [7, 11) is -1.08. The topological polar surface area (TPSA) is 84.0 Å². The van der Waals surface area contributed by atoms with Crippen LogP contribution in [0, 0.1) is 6.92 Å². The maximum absolute atomic E-state index is 11.3. The van der Waals surface area contributed by atoms with Gasteiger partial charge in [0.15, 0.2) is 9.84 Å². The Balaban J connectivity index is 2.11. The summed E-state index contributed by atoms with van der Waals surface area (Å²) in [4.78, 5) is 8.41. The van der Waals surface area contributed by atoms with Crippen molar-refractivity contribution in [3.8, 4) is 0 Å². The molecule has 2 N–H and O–H groups in total. The number of nitrogens with zero attached hydrogens (tertiary/aromatic N) is 2. The van der Waals surface area contributed by atoms with Crippen molar-refractivity contribution in [1.82, 2.24) is 9.97 Å². The van der Waals surface area contributed by atoms with Crippen LogP contribution in [0.5, 0.6) is 0 Å². The third-order valence-corrected chi connectivity index (χ3v) is 4.45. The van der Waals surface area contributed by atoms with Gasteiger partial charge in [-0.25, -0.2) is 18.4 Å². The van der Waals surface area contributed by atoms with Crippen LogP contribution in [0.4, 0.5) is 11.6 Å². The SMILES string of the molecule is CNc1cc(N[C@H]2CCS(=O)(=O)C2)nc(C)n1. The Morgan fingerprint density at radius 3 is 2.65 bits per heavy atom. The van der Waals surface area contributed by atoms with Gasteiger partial charge in [0.05, 0.1) is 11.5 Å². The molecule has 1 aliphatic heterocycles. The average molecular weight is 256 g/mol. The molecule has 2 heterocycles. The highest BCUT2D eigenvalue weighted by Gasteiger charge is 2.27. The number of sulfone groups is 1. The minimum absolute atomic E-state index is 0.0426. The predicted molar refractivity (Wildman–Crippen MR) is 67.0 cm³/mol. The van der Waals surface area contributed by atoms with E-state index < -0.39 is 9.84 Å². The summed E-state index contributed by atoms with van der Waals surface area (Å²) in [6.45, 7) is 1.80. The minimum atomic E-state index is -2.86. The van der Waals surface area contributed by atoms with Crippen LogP contribution in [0.25, 0.3) is 0 Å². The third-order valence-electron chi connectivity index (χ3n) is 2.68. The van der Waals surface area contributed by atoms with E-state index in [0.717, 1.165) is 5.82 Å². The fraction of sp³-hybridized carbons (Fsp3) is 0.600. The maximum Gasteiger partial charge on any atom is 0.152 e. The van der Waals surface area contributed by atoms with Crippen molar-refractivity contribution in [2.45, 2.75) is 19.4 Å². The second-order valence-corrected chi connectivity index (χ2v) is 6.41. The van der Waals surface area contributed by atoms with Gasteiger partial charge in [0.25, 0.3) is 0 Å². The lowest BCUT2D eigenvalue weighted by Crippen LogP contribution is -2.21. The highest BCUT2D eigenvalue weighted by Crippen LogP contribution is 2.17. The largest absolute Gasteiger partial charge is 0.373 e. The molecule has 0 aliphatic carbocycles. The molecule has 1 aromatic rings. The van der Waals surface area contributed by atoms with Crippen molar-refractivity contribution in [2.24, 2.45) is 0 Å². The van der Waals surface area contributed by atoms with E-state index >= 15 is 0 Å².